The molecule has 1 saturated heterocycles. The van der Waals surface area contributed by atoms with Crippen molar-refractivity contribution >= 4 is 11.8 Å². The van der Waals surface area contributed by atoms with Crippen molar-refractivity contribution in [2.24, 2.45) is 5.92 Å². The second-order valence-electron chi connectivity index (χ2n) is 6.71. The number of amides is 2. The number of carbonyl (C=O) groups is 2. The SMILES string of the molecule is CC(C)Cn1cncc1CNC(=O)[C@H]1OCC(=O)N[C@@H]1c1cccnc1. The largest absolute Gasteiger partial charge is 0.356 e. The van der Waals surface area contributed by atoms with Gasteiger partial charge in [0.2, 0.25) is 5.91 Å². The van der Waals surface area contributed by atoms with Crippen LogP contribution >= 0.6 is 0 Å². The highest BCUT2D eigenvalue weighted by Crippen LogP contribution is 2.22. The van der Waals surface area contributed by atoms with E-state index in [4.69, 9.17) is 4.74 Å². The lowest BCUT2D eigenvalue weighted by molar-refractivity contribution is -0.148. The molecular weight excluding hydrogens is 334 g/mol. The van der Waals surface area contributed by atoms with Gasteiger partial charge >= 0.3 is 0 Å². The summed E-state index contributed by atoms with van der Waals surface area (Å²) in [4.78, 5) is 32.6. The number of hydrogen-bond donors (Lipinski definition) is 2. The predicted octanol–water partition coefficient (Wildman–Crippen LogP) is 0.807. The number of nitrogens with one attached hydrogen (secondary N) is 2. The van der Waals surface area contributed by atoms with E-state index in [0.29, 0.717) is 12.5 Å². The van der Waals surface area contributed by atoms with E-state index in [1.54, 1.807) is 31.0 Å². The number of hydrogen-bond acceptors (Lipinski definition) is 5. The monoisotopic (exact) mass is 357 g/mol. The Hall–Kier alpha value is -2.74. The van der Waals surface area contributed by atoms with Crippen molar-refractivity contribution in [3.05, 3.63) is 48.3 Å². The molecule has 26 heavy (non-hydrogen) atoms. The number of rotatable bonds is 6. The van der Waals surface area contributed by atoms with Gasteiger partial charge in [0.1, 0.15) is 6.61 Å². The first-order valence-electron chi connectivity index (χ1n) is 8.62. The van der Waals surface area contributed by atoms with E-state index in [-0.39, 0.29) is 18.4 Å². The molecule has 8 nitrogen and oxygen atoms in total. The lowest BCUT2D eigenvalue weighted by atomic mass is 10.0. The molecule has 0 unspecified atom stereocenters. The molecule has 2 aromatic heterocycles. The zero-order valence-corrected chi connectivity index (χ0v) is 14.9. The first kappa shape index (κ1) is 18.1. The fourth-order valence-corrected chi connectivity index (χ4v) is 2.93. The Morgan fingerprint density at radius 1 is 1.42 bits per heavy atom. The van der Waals surface area contributed by atoms with Crippen molar-refractivity contribution < 1.29 is 14.3 Å². The maximum atomic E-state index is 12.7. The summed E-state index contributed by atoms with van der Waals surface area (Å²) in [5, 5.41) is 5.70. The quantitative estimate of drug-likeness (QED) is 0.797. The van der Waals surface area contributed by atoms with E-state index >= 15 is 0 Å². The van der Waals surface area contributed by atoms with Gasteiger partial charge in [-0.1, -0.05) is 19.9 Å². The Morgan fingerprint density at radius 3 is 3.00 bits per heavy atom. The van der Waals surface area contributed by atoms with Gasteiger partial charge in [-0.2, -0.15) is 0 Å². The van der Waals surface area contributed by atoms with Gasteiger partial charge in [0.05, 0.1) is 24.6 Å². The number of aromatic nitrogens is 3. The molecule has 8 heteroatoms. The molecule has 1 aliphatic heterocycles. The molecule has 3 heterocycles. The van der Waals surface area contributed by atoms with Crippen LogP contribution in [0.4, 0.5) is 0 Å². The number of ether oxygens (including phenoxy) is 1. The van der Waals surface area contributed by atoms with Crippen LogP contribution in [0, 0.1) is 5.92 Å². The van der Waals surface area contributed by atoms with Crippen molar-refractivity contribution in [3.63, 3.8) is 0 Å². The molecule has 2 atom stereocenters. The van der Waals surface area contributed by atoms with E-state index < -0.39 is 12.1 Å². The summed E-state index contributed by atoms with van der Waals surface area (Å²) < 4.78 is 7.53. The minimum absolute atomic E-state index is 0.139. The molecule has 0 aliphatic carbocycles. The van der Waals surface area contributed by atoms with Gasteiger partial charge < -0.3 is 19.9 Å². The molecule has 1 fully saturated rings. The second-order valence-corrected chi connectivity index (χ2v) is 6.71. The molecule has 2 aromatic rings. The lowest BCUT2D eigenvalue weighted by Gasteiger charge is -2.31. The van der Waals surface area contributed by atoms with Gasteiger partial charge in [-0.3, -0.25) is 14.6 Å². The highest BCUT2D eigenvalue weighted by Gasteiger charge is 2.36. The van der Waals surface area contributed by atoms with E-state index in [9.17, 15) is 9.59 Å². The number of carbonyl (C=O) groups excluding carboxylic acids is 2. The Labute approximate surface area is 152 Å². The minimum atomic E-state index is -0.807. The molecule has 0 bridgehead atoms. The molecule has 1 aliphatic rings. The third kappa shape index (κ3) is 4.26. The summed E-state index contributed by atoms with van der Waals surface area (Å²) in [6.45, 7) is 5.29. The Balaban J connectivity index is 1.68. The summed E-state index contributed by atoms with van der Waals surface area (Å²) in [6.07, 6.45) is 5.96. The maximum Gasteiger partial charge on any atom is 0.251 e. The van der Waals surface area contributed by atoms with E-state index in [0.717, 1.165) is 17.8 Å². The van der Waals surface area contributed by atoms with Crippen molar-refractivity contribution in [2.45, 2.75) is 39.1 Å². The van der Waals surface area contributed by atoms with Crippen LogP contribution in [0.15, 0.2) is 37.1 Å². The van der Waals surface area contributed by atoms with E-state index in [1.807, 2.05) is 10.6 Å². The van der Waals surface area contributed by atoms with Crippen LogP contribution in [0.3, 0.4) is 0 Å². The van der Waals surface area contributed by atoms with E-state index in [2.05, 4.69) is 34.4 Å². The second kappa shape index (κ2) is 8.09. The van der Waals surface area contributed by atoms with Gasteiger partial charge in [-0.05, 0) is 17.5 Å². The van der Waals surface area contributed by atoms with Crippen molar-refractivity contribution in [1.29, 1.82) is 0 Å². The zero-order valence-electron chi connectivity index (χ0n) is 14.9. The maximum absolute atomic E-state index is 12.7. The summed E-state index contributed by atoms with van der Waals surface area (Å²) in [6, 6.07) is 3.01. The summed E-state index contributed by atoms with van der Waals surface area (Å²) in [7, 11) is 0. The number of morpholine rings is 1. The molecule has 0 aromatic carbocycles. The fourth-order valence-electron chi connectivity index (χ4n) is 2.93. The summed E-state index contributed by atoms with van der Waals surface area (Å²) >= 11 is 0. The molecule has 2 amide bonds. The smallest absolute Gasteiger partial charge is 0.251 e. The normalized spacial score (nSPS) is 20.0. The van der Waals surface area contributed by atoms with E-state index in [1.165, 1.54) is 0 Å². The lowest BCUT2D eigenvalue weighted by Crippen LogP contribution is -2.52. The van der Waals surface area contributed by atoms with Crippen molar-refractivity contribution in [1.82, 2.24) is 25.2 Å². The zero-order chi connectivity index (χ0) is 18.5. The fraction of sp³-hybridized carbons (Fsp3) is 0.444. The third-order valence-electron chi connectivity index (χ3n) is 4.12. The Morgan fingerprint density at radius 2 is 2.27 bits per heavy atom. The predicted molar refractivity (Wildman–Crippen MR) is 93.8 cm³/mol. The Bertz CT molecular complexity index is 759. The number of pyridine rings is 1. The van der Waals surface area contributed by atoms with Crippen LogP contribution in [-0.4, -0.2) is 39.1 Å². The van der Waals surface area contributed by atoms with Crippen molar-refractivity contribution in [3.8, 4) is 0 Å². The van der Waals surface area contributed by atoms with Crippen LogP contribution in [0.25, 0.3) is 0 Å². The Kier molecular flexibility index (Phi) is 5.62. The number of imidazole rings is 1. The van der Waals surface area contributed by atoms with Crippen LogP contribution in [-0.2, 0) is 27.4 Å². The molecule has 2 N–H and O–H groups in total. The van der Waals surface area contributed by atoms with Gasteiger partial charge in [-0.25, -0.2) is 4.98 Å². The summed E-state index contributed by atoms with van der Waals surface area (Å²) in [5.74, 6) is -0.0560. The van der Waals surface area contributed by atoms with Gasteiger partial charge in [0.15, 0.2) is 6.10 Å². The first-order valence-corrected chi connectivity index (χ1v) is 8.62. The molecule has 0 radical (unpaired) electrons. The molecular formula is C18H23N5O3. The van der Waals surface area contributed by atoms with Crippen LogP contribution in [0.2, 0.25) is 0 Å². The minimum Gasteiger partial charge on any atom is -0.356 e. The third-order valence-corrected chi connectivity index (χ3v) is 4.12. The molecule has 3 rings (SSSR count). The van der Waals surface area contributed by atoms with Crippen molar-refractivity contribution in [2.75, 3.05) is 6.61 Å². The van der Waals surface area contributed by atoms with Crippen LogP contribution in [0.5, 0.6) is 0 Å². The van der Waals surface area contributed by atoms with Crippen LogP contribution in [0.1, 0.15) is 31.1 Å². The van der Waals surface area contributed by atoms with Gasteiger partial charge in [0.25, 0.3) is 5.91 Å². The molecule has 0 saturated carbocycles. The average Bonchev–Trinajstić information content (AvgIpc) is 3.06. The highest BCUT2D eigenvalue weighted by atomic mass is 16.5. The topological polar surface area (TPSA) is 98.1 Å². The standard InChI is InChI=1S/C18H23N5O3/c1-12(2)9-23-11-20-7-14(23)8-21-18(25)17-16(22-15(24)10-26-17)13-4-3-5-19-6-13/h3-7,11-12,16-17H,8-10H2,1-2H3,(H,21,25)(H,22,24)/t16-,17+/m1/s1. The van der Waals surface area contributed by atoms with Gasteiger partial charge in [0, 0.05) is 25.1 Å². The highest BCUT2D eigenvalue weighted by molar-refractivity contribution is 5.86. The van der Waals surface area contributed by atoms with Gasteiger partial charge in [-0.15, -0.1) is 0 Å². The number of nitrogens with zero attached hydrogens (tertiary/aromatic N) is 3. The molecule has 138 valence electrons. The average molecular weight is 357 g/mol. The first-order chi connectivity index (χ1) is 12.5. The summed E-state index contributed by atoms with van der Waals surface area (Å²) in [5.41, 5.74) is 1.65. The molecule has 0 spiro atoms. The van der Waals surface area contributed by atoms with Crippen LogP contribution < -0.4 is 10.6 Å².